The lowest BCUT2D eigenvalue weighted by molar-refractivity contribution is 0.475. The molecule has 0 bridgehead atoms. The van der Waals surface area contributed by atoms with Gasteiger partial charge in [-0.15, -0.1) is 11.3 Å². The van der Waals surface area contributed by atoms with Crippen molar-refractivity contribution in [1.82, 2.24) is 10.2 Å². The van der Waals surface area contributed by atoms with Crippen molar-refractivity contribution in [3.05, 3.63) is 89.4 Å². The predicted molar refractivity (Wildman–Crippen MR) is 163 cm³/mol. The largest absolute Gasteiger partial charge is 0.508 e. The summed E-state index contributed by atoms with van der Waals surface area (Å²) in [5.41, 5.74) is 6.83. The van der Waals surface area contributed by atoms with Crippen molar-refractivity contribution < 1.29 is 9.32 Å². The Balaban J connectivity index is 0.000000179. The zero-order chi connectivity index (χ0) is 26.9. The van der Waals surface area contributed by atoms with Crippen LogP contribution in [0.15, 0.2) is 83.1 Å². The smallest absolute Gasteiger partial charge is 0.115 e. The van der Waals surface area contributed by atoms with Crippen molar-refractivity contribution in [2.75, 3.05) is 6.26 Å². The van der Waals surface area contributed by atoms with Crippen LogP contribution in [0.1, 0.15) is 50.3 Å². The molecule has 2 heterocycles. The number of H-pyrrole nitrogens is 1. The standard InChI is InChI=1S/C20H18N2OS.C12H16OS/c1-12(2)18-10-19(22-21-18)17-11-24-20-15(4-3-5-16(17)20)13-6-8-14(23)9-7-13;1-10-6-8-12(9-7-10)14(2,13)11-4-3-5-11/h3-12,23H,1-2H3,(H,21,22);6-9H,3-5H2,1-2H3. The summed E-state index contributed by atoms with van der Waals surface area (Å²) in [5, 5.41) is 20.5. The molecular formula is C32H34N2O2S2. The van der Waals surface area contributed by atoms with E-state index >= 15 is 0 Å². The minimum atomic E-state index is -1.85. The molecule has 1 saturated carbocycles. The van der Waals surface area contributed by atoms with E-state index in [2.05, 4.69) is 60.6 Å². The second-order valence-electron chi connectivity index (χ2n) is 10.3. The quantitative estimate of drug-likeness (QED) is 0.224. The van der Waals surface area contributed by atoms with Crippen LogP contribution in [-0.4, -0.2) is 30.6 Å². The average Bonchev–Trinajstić information content (AvgIpc) is 3.51. The lowest BCUT2D eigenvalue weighted by Crippen LogP contribution is -2.20. The molecule has 196 valence electrons. The molecule has 0 spiro atoms. The summed E-state index contributed by atoms with van der Waals surface area (Å²) >= 11 is 1.74. The number of thiophene rings is 1. The number of hydrogen-bond donors (Lipinski definition) is 2. The molecule has 2 aromatic heterocycles. The molecule has 2 N–H and O–H groups in total. The van der Waals surface area contributed by atoms with Gasteiger partial charge in [0.1, 0.15) is 5.75 Å². The summed E-state index contributed by atoms with van der Waals surface area (Å²) in [4.78, 5) is 2.25. The van der Waals surface area contributed by atoms with Crippen molar-refractivity contribution in [2.45, 2.75) is 50.8 Å². The van der Waals surface area contributed by atoms with Crippen molar-refractivity contribution in [3.8, 4) is 28.1 Å². The Labute approximate surface area is 229 Å². The van der Waals surface area contributed by atoms with E-state index in [0.29, 0.717) is 5.92 Å². The maximum atomic E-state index is 12.4. The van der Waals surface area contributed by atoms with E-state index < -0.39 is 9.52 Å². The Kier molecular flexibility index (Phi) is 7.46. The molecule has 5 aromatic rings. The summed E-state index contributed by atoms with van der Waals surface area (Å²) in [6.07, 6.45) is 5.21. The fourth-order valence-electron chi connectivity index (χ4n) is 4.57. The number of rotatable bonds is 4. The normalized spacial score (nSPS) is 14.6. The molecule has 4 nitrogen and oxygen atoms in total. The minimum absolute atomic E-state index is 0.288. The van der Waals surface area contributed by atoms with Crippen LogP contribution >= 0.6 is 11.3 Å². The zero-order valence-electron chi connectivity index (χ0n) is 22.3. The average molecular weight is 543 g/mol. The SMILES string of the molecule is CC(C)c1cc(-c2csc3c(-c4ccc(O)cc4)cccc23)n[nH]1.Cc1ccc(S(C)(=O)=C2CCC2)cc1. The Morgan fingerprint density at radius 1 is 0.974 bits per heavy atom. The molecule has 0 aliphatic heterocycles. The highest BCUT2D eigenvalue weighted by molar-refractivity contribution is 8.01. The number of nitrogens with zero attached hydrogens (tertiary/aromatic N) is 1. The zero-order valence-corrected chi connectivity index (χ0v) is 24.0. The Morgan fingerprint density at radius 2 is 1.68 bits per heavy atom. The molecule has 0 amide bonds. The van der Waals surface area contributed by atoms with Gasteiger partial charge in [-0.2, -0.15) is 5.10 Å². The fraction of sp³-hybridized carbons (Fsp3) is 0.250. The number of fused-ring (bicyclic) bond motifs is 1. The molecule has 0 saturated heterocycles. The van der Waals surface area contributed by atoms with Gasteiger partial charge in [0.2, 0.25) is 0 Å². The summed E-state index contributed by atoms with van der Waals surface area (Å²) in [5.74, 6) is 0.722. The van der Waals surface area contributed by atoms with Gasteiger partial charge in [0.15, 0.2) is 0 Å². The van der Waals surface area contributed by atoms with Crippen LogP contribution in [0.5, 0.6) is 5.75 Å². The van der Waals surface area contributed by atoms with E-state index in [4.69, 9.17) is 0 Å². The fourth-order valence-corrected chi connectivity index (χ4v) is 7.73. The predicted octanol–water partition coefficient (Wildman–Crippen LogP) is 8.41. The van der Waals surface area contributed by atoms with E-state index in [-0.39, 0.29) is 5.75 Å². The molecule has 6 heteroatoms. The van der Waals surface area contributed by atoms with Crippen molar-refractivity contribution >= 4 is 35.8 Å². The van der Waals surface area contributed by atoms with Gasteiger partial charge >= 0.3 is 0 Å². The van der Waals surface area contributed by atoms with Crippen LogP contribution in [0, 0.1) is 6.92 Å². The van der Waals surface area contributed by atoms with E-state index in [9.17, 15) is 9.32 Å². The number of phenols is 1. The number of nitrogens with one attached hydrogen (secondary N) is 1. The minimum Gasteiger partial charge on any atom is -0.508 e. The van der Waals surface area contributed by atoms with Gasteiger partial charge in [-0.1, -0.05) is 61.9 Å². The summed E-state index contributed by atoms with van der Waals surface area (Å²) in [6.45, 7) is 6.37. The van der Waals surface area contributed by atoms with Gasteiger partial charge in [-0.05, 0) is 87.9 Å². The Bertz CT molecular complexity index is 1680. The van der Waals surface area contributed by atoms with Crippen LogP contribution in [0.2, 0.25) is 0 Å². The number of aromatic amines is 1. The molecule has 1 unspecified atom stereocenters. The summed E-state index contributed by atoms with van der Waals surface area (Å²) in [7, 11) is -1.85. The van der Waals surface area contributed by atoms with E-state index in [1.807, 2.05) is 42.7 Å². The number of phenolic OH excluding ortho intramolecular Hbond substituents is 1. The highest BCUT2D eigenvalue weighted by atomic mass is 32.2. The second kappa shape index (κ2) is 10.8. The molecule has 6 rings (SSSR count). The Hall–Kier alpha value is -3.35. The van der Waals surface area contributed by atoms with Crippen LogP contribution in [0.4, 0.5) is 0 Å². The van der Waals surface area contributed by atoms with Crippen LogP contribution in [-0.2, 0) is 9.52 Å². The molecule has 1 aliphatic carbocycles. The van der Waals surface area contributed by atoms with Crippen LogP contribution in [0.3, 0.4) is 0 Å². The van der Waals surface area contributed by atoms with Gasteiger partial charge in [-0.25, -0.2) is 0 Å². The number of aromatic nitrogens is 2. The topological polar surface area (TPSA) is 66.0 Å². The van der Waals surface area contributed by atoms with Crippen molar-refractivity contribution in [3.63, 3.8) is 0 Å². The number of aryl methyl sites for hydroxylation is 1. The Morgan fingerprint density at radius 3 is 2.29 bits per heavy atom. The van der Waals surface area contributed by atoms with Crippen molar-refractivity contribution in [1.29, 1.82) is 0 Å². The third-order valence-corrected chi connectivity index (χ3v) is 10.9. The van der Waals surface area contributed by atoms with Gasteiger partial charge in [0, 0.05) is 37.9 Å². The first kappa shape index (κ1) is 26.3. The molecule has 1 atom stereocenters. The molecular weight excluding hydrogens is 508 g/mol. The van der Waals surface area contributed by atoms with Gasteiger partial charge in [-0.3, -0.25) is 9.31 Å². The molecule has 0 radical (unpaired) electrons. The molecule has 1 fully saturated rings. The molecule has 1 aliphatic rings. The highest BCUT2D eigenvalue weighted by Gasteiger charge is 2.18. The van der Waals surface area contributed by atoms with E-state index in [0.717, 1.165) is 34.7 Å². The lowest BCUT2D eigenvalue weighted by atomic mass is 10.0. The first-order chi connectivity index (χ1) is 18.2. The highest BCUT2D eigenvalue weighted by Crippen LogP contribution is 2.39. The van der Waals surface area contributed by atoms with Gasteiger partial charge < -0.3 is 5.11 Å². The van der Waals surface area contributed by atoms with Crippen molar-refractivity contribution in [2.24, 2.45) is 0 Å². The summed E-state index contributed by atoms with van der Waals surface area (Å²) < 4.78 is 13.7. The molecule has 3 aromatic carbocycles. The van der Waals surface area contributed by atoms with E-state index in [1.165, 1.54) is 38.1 Å². The second-order valence-corrected chi connectivity index (χ2v) is 13.9. The number of benzene rings is 3. The lowest BCUT2D eigenvalue weighted by Gasteiger charge is -2.21. The van der Waals surface area contributed by atoms with E-state index in [1.54, 1.807) is 23.5 Å². The monoisotopic (exact) mass is 542 g/mol. The third kappa shape index (κ3) is 5.29. The van der Waals surface area contributed by atoms with Crippen LogP contribution < -0.4 is 0 Å². The number of aromatic hydroxyl groups is 1. The molecule has 38 heavy (non-hydrogen) atoms. The number of hydrogen-bond acceptors (Lipinski definition) is 4. The summed E-state index contributed by atoms with van der Waals surface area (Å²) in [6, 6.07) is 23.9. The maximum Gasteiger partial charge on any atom is 0.115 e. The maximum absolute atomic E-state index is 12.4. The van der Waals surface area contributed by atoms with Gasteiger partial charge in [0.05, 0.1) is 5.69 Å². The third-order valence-electron chi connectivity index (χ3n) is 7.21. The van der Waals surface area contributed by atoms with Crippen LogP contribution in [0.25, 0.3) is 32.5 Å². The first-order valence-corrected chi connectivity index (χ1v) is 15.8. The van der Waals surface area contributed by atoms with Gasteiger partial charge in [0.25, 0.3) is 0 Å². The first-order valence-electron chi connectivity index (χ1n) is 13.0.